The highest BCUT2D eigenvalue weighted by Gasteiger charge is 2.11. The average molecular weight is 297 g/mol. The third-order valence-corrected chi connectivity index (χ3v) is 3.53. The quantitative estimate of drug-likeness (QED) is 0.720. The molecule has 0 N–H and O–H groups in total. The van der Waals surface area contributed by atoms with E-state index < -0.39 is 0 Å². The predicted octanol–water partition coefficient (Wildman–Crippen LogP) is 3.86. The number of rotatable bonds is 2. The minimum absolute atomic E-state index is 0.130. The molecule has 0 aliphatic rings. The zero-order valence-electron chi connectivity index (χ0n) is 11.5. The summed E-state index contributed by atoms with van der Waals surface area (Å²) < 4.78 is 1.59. The highest BCUT2D eigenvalue weighted by Crippen LogP contribution is 2.23. The highest BCUT2D eigenvalue weighted by atomic mass is 35.5. The topological polar surface area (TPSA) is 34.9 Å². The molecule has 0 fully saturated rings. The molecule has 3 nitrogen and oxygen atoms in total. The molecule has 1 heterocycles. The molecule has 3 aromatic rings. The Morgan fingerprint density at radius 2 is 1.81 bits per heavy atom. The molecule has 0 bridgehead atoms. The molecular formula is C17H13ClN2O. The Balaban J connectivity index is 2.33. The Bertz CT molecular complexity index is 841. The van der Waals surface area contributed by atoms with Gasteiger partial charge in [0.05, 0.1) is 5.69 Å². The predicted molar refractivity (Wildman–Crippen MR) is 85.0 cm³/mol. The fourth-order valence-corrected chi connectivity index (χ4v) is 2.42. The van der Waals surface area contributed by atoms with E-state index >= 15 is 0 Å². The van der Waals surface area contributed by atoms with Crippen LogP contribution in [0.25, 0.3) is 17.1 Å². The number of nitrogens with zero attached hydrogens (tertiary/aromatic N) is 2. The van der Waals surface area contributed by atoms with Crippen LogP contribution in [0.3, 0.4) is 0 Å². The van der Waals surface area contributed by atoms with E-state index in [0.717, 1.165) is 16.8 Å². The molecule has 3 rings (SSSR count). The molecular weight excluding hydrogens is 284 g/mol. The maximum absolute atomic E-state index is 12.4. The van der Waals surface area contributed by atoms with Crippen LogP contribution < -0.4 is 5.56 Å². The van der Waals surface area contributed by atoms with Crippen molar-refractivity contribution in [3.05, 3.63) is 81.7 Å². The normalized spacial score (nSPS) is 10.6. The van der Waals surface area contributed by atoms with E-state index in [4.69, 9.17) is 11.6 Å². The minimum Gasteiger partial charge on any atom is -0.269 e. The molecule has 2 aromatic carbocycles. The van der Waals surface area contributed by atoms with E-state index in [1.54, 1.807) is 10.6 Å². The summed E-state index contributed by atoms with van der Waals surface area (Å²) in [5, 5.41) is 0.588. The van der Waals surface area contributed by atoms with E-state index in [9.17, 15) is 4.79 Å². The van der Waals surface area contributed by atoms with Crippen LogP contribution in [0.1, 0.15) is 5.56 Å². The third kappa shape index (κ3) is 2.60. The summed E-state index contributed by atoms with van der Waals surface area (Å²) >= 11 is 6.08. The molecule has 0 aliphatic heterocycles. The van der Waals surface area contributed by atoms with Gasteiger partial charge in [-0.15, -0.1) is 0 Å². The molecule has 0 amide bonds. The van der Waals surface area contributed by atoms with Gasteiger partial charge in [0.15, 0.2) is 0 Å². The number of halogens is 1. The molecule has 21 heavy (non-hydrogen) atoms. The number of hydrogen-bond acceptors (Lipinski definition) is 2. The summed E-state index contributed by atoms with van der Waals surface area (Å²) in [6, 6.07) is 16.6. The first kappa shape index (κ1) is 13.6. The summed E-state index contributed by atoms with van der Waals surface area (Å²) in [6.07, 6.45) is 1.53. The van der Waals surface area contributed by atoms with Crippen molar-refractivity contribution in [2.24, 2.45) is 0 Å². The van der Waals surface area contributed by atoms with Crippen molar-refractivity contribution in [1.29, 1.82) is 0 Å². The van der Waals surface area contributed by atoms with Crippen LogP contribution in [0.4, 0.5) is 0 Å². The van der Waals surface area contributed by atoms with Crippen LogP contribution in [-0.2, 0) is 0 Å². The van der Waals surface area contributed by atoms with Crippen molar-refractivity contribution < 1.29 is 0 Å². The van der Waals surface area contributed by atoms with Crippen LogP contribution in [0, 0.1) is 6.92 Å². The lowest BCUT2D eigenvalue weighted by Gasteiger charge is -2.14. The lowest BCUT2D eigenvalue weighted by atomic mass is 10.1. The van der Waals surface area contributed by atoms with Crippen LogP contribution >= 0.6 is 11.6 Å². The van der Waals surface area contributed by atoms with Gasteiger partial charge in [0.1, 0.15) is 5.82 Å². The zero-order chi connectivity index (χ0) is 14.8. The summed E-state index contributed by atoms with van der Waals surface area (Å²) in [5.74, 6) is 0.605. The molecule has 1 aromatic heterocycles. The molecule has 0 saturated carbocycles. The van der Waals surface area contributed by atoms with Crippen molar-refractivity contribution in [2.75, 3.05) is 0 Å². The Morgan fingerprint density at radius 3 is 2.57 bits per heavy atom. The number of aryl methyl sites for hydroxylation is 1. The van der Waals surface area contributed by atoms with Gasteiger partial charge in [-0.05, 0) is 24.6 Å². The van der Waals surface area contributed by atoms with Crippen LogP contribution in [0.2, 0.25) is 5.02 Å². The highest BCUT2D eigenvalue weighted by molar-refractivity contribution is 6.30. The fourth-order valence-electron chi connectivity index (χ4n) is 2.26. The van der Waals surface area contributed by atoms with E-state index in [2.05, 4.69) is 4.98 Å². The first-order valence-electron chi connectivity index (χ1n) is 6.57. The van der Waals surface area contributed by atoms with Gasteiger partial charge >= 0.3 is 0 Å². The van der Waals surface area contributed by atoms with E-state index in [1.807, 2.05) is 49.4 Å². The van der Waals surface area contributed by atoms with Crippen LogP contribution in [0.15, 0.2) is 65.6 Å². The molecule has 0 unspecified atom stereocenters. The Kier molecular flexibility index (Phi) is 3.59. The summed E-state index contributed by atoms with van der Waals surface area (Å²) in [7, 11) is 0. The Hall–Kier alpha value is -2.39. The molecule has 0 aliphatic carbocycles. The SMILES string of the molecule is Cc1ccc(Cl)cc1-n1c(-c2ccccc2)nccc1=O. The molecule has 0 spiro atoms. The molecule has 104 valence electrons. The van der Waals surface area contributed by atoms with Gasteiger partial charge in [0.25, 0.3) is 5.56 Å². The Labute approximate surface area is 127 Å². The van der Waals surface area contributed by atoms with Crippen molar-refractivity contribution in [3.63, 3.8) is 0 Å². The van der Waals surface area contributed by atoms with Gasteiger partial charge in [0, 0.05) is 22.8 Å². The standard InChI is InChI=1S/C17H13ClN2O/c1-12-7-8-14(18)11-15(12)20-16(21)9-10-19-17(20)13-5-3-2-4-6-13/h2-11H,1H3. The Morgan fingerprint density at radius 1 is 1.05 bits per heavy atom. The van der Waals surface area contributed by atoms with Gasteiger partial charge in [-0.25, -0.2) is 4.98 Å². The summed E-state index contributed by atoms with van der Waals surface area (Å²) in [6.45, 7) is 1.94. The fraction of sp³-hybridized carbons (Fsp3) is 0.0588. The van der Waals surface area contributed by atoms with Crippen molar-refractivity contribution in [1.82, 2.24) is 9.55 Å². The van der Waals surface area contributed by atoms with E-state index in [-0.39, 0.29) is 5.56 Å². The van der Waals surface area contributed by atoms with Crippen LogP contribution in [0.5, 0.6) is 0 Å². The molecule has 0 atom stereocenters. The number of aromatic nitrogens is 2. The lowest BCUT2D eigenvalue weighted by Crippen LogP contribution is -2.20. The molecule has 4 heteroatoms. The smallest absolute Gasteiger partial charge is 0.258 e. The summed E-state index contributed by atoms with van der Waals surface area (Å²) in [5.41, 5.74) is 2.47. The second-order valence-electron chi connectivity index (χ2n) is 4.74. The molecule has 0 radical (unpaired) electrons. The maximum atomic E-state index is 12.4. The lowest BCUT2D eigenvalue weighted by molar-refractivity contribution is 0.940. The average Bonchev–Trinajstić information content (AvgIpc) is 2.51. The number of hydrogen-bond donors (Lipinski definition) is 0. The minimum atomic E-state index is -0.130. The number of benzene rings is 2. The largest absolute Gasteiger partial charge is 0.269 e. The van der Waals surface area contributed by atoms with E-state index in [1.165, 1.54) is 12.3 Å². The van der Waals surface area contributed by atoms with Gasteiger partial charge < -0.3 is 0 Å². The van der Waals surface area contributed by atoms with Gasteiger partial charge in [-0.2, -0.15) is 0 Å². The second kappa shape index (κ2) is 5.54. The zero-order valence-corrected chi connectivity index (χ0v) is 12.2. The van der Waals surface area contributed by atoms with Crippen LogP contribution in [-0.4, -0.2) is 9.55 Å². The molecule has 0 saturated heterocycles. The van der Waals surface area contributed by atoms with Gasteiger partial charge in [-0.3, -0.25) is 9.36 Å². The van der Waals surface area contributed by atoms with Crippen molar-refractivity contribution in [3.8, 4) is 17.1 Å². The summed E-state index contributed by atoms with van der Waals surface area (Å²) in [4.78, 5) is 16.7. The van der Waals surface area contributed by atoms with Crippen molar-refractivity contribution >= 4 is 11.6 Å². The first-order valence-corrected chi connectivity index (χ1v) is 6.94. The van der Waals surface area contributed by atoms with Crippen molar-refractivity contribution in [2.45, 2.75) is 6.92 Å². The first-order chi connectivity index (χ1) is 10.2. The van der Waals surface area contributed by atoms with E-state index in [0.29, 0.717) is 10.8 Å². The van der Waals surface area contributed by atoms with Gasteiger partial charge in [-0.1, -0.05) is 48.0 Å². The van der Waals surface area contributed by atoms with Gasteiger partial charge in [0.2, 0.25) is 0 Å². The third-order valence-electron chi connectivity index (χ3n) is 3.29. The maximum Gasteiger partial charge on any atom is 0.258 e. The monoisotopic (exact) mass is 296 g/mol. The second-order valence-corrected chi connectivity index (χ2v) is 5.18.